The number of nitrogens with one attached hydrogen (secondary N) is 1. The van der Waals surface area contributed by atoms with Crippen molar-refractivity contribution in [2.45, 2.75) is 38.6 Å². The standard InChI is InChI=1S/C19H24ClN5O3/c1-3-5-13-11-18(24-9-4-6-15(24)12-28-2)23-19(21-13)22-14-7-8-16(20)17(10-14)25(26)27/h7-8,10-11,15H,3-6,9,12H2,1-2H3,(H,21,22,23)/t15-/m0/s1. The normalized spacial score (nSPS) is 16.4. The Morgan fingerprint density at radius 2 is 2.21 bits per heavy atom. The fourth-order valence-electron chi connectivity index (χ4n) is 3.43. The van der Waals surface area contributed by atoms with Gasteiger partial charge < -0.3 is 15.0 Å². The Balaban J connectivity index is 1.91. The Morgan fingerprint density at radius 3 is 2.93 bits per heavy atom. The molecule has 28 heavy (non-hydrogen) atoms. The van der Waals surface area contributed by atoms with Crippen molar-refractivity contribution < 1.29 is 9.66 Å². The highest BCUT2D eigenvalue weighted by atomic mass is 35.5. The molecular formula is C19H24ClN5O3. The van der Waals surface area contributed by atoms with Crippen LogP contribution in [0.25, 0.3) is 0 Å². The van der Waals surface area contributed by atoms with Crippen molar-refractivity contribution in [2.24, 2.45) is 0 Å². The van der Waals surface area contributed by atoms with E-state index >= 15 is 0 Å². The molecule has 0 unspecified atom stereocenters. The zero-order chi connectivity index (χ0) is 20.1. The van der Waals surface area contributed by atoms with E-state index in [9.17, 15) is 10.1 Å². The van der Waals surface area contributed by atoms with Gasteiger partial charge in [-0.05, 0) is 31.4 Å². The molecule has 150 valence electrons. The Labute approximate surface area is 169 Å². The maximum absolute atomic E-state index is 11.1. The van der Waals surface area contributed by atoms with E-state index in [1.165, 1.54) is 12.1 Å². The van der Waals surface area contributed by atoms with Gasteiger partial charge in [-0.15, -0.1) is 0 Å². The minimum absolute atomic E-state index is 0.0939. The van der Waals surface area contributed by atoms with Crippen LogP contribution in [0.1, 0.15) is 31.9 Å². The van der Waals surface area contributed by atoms with Gasteiger partial charge in [0, 0.05) is 37.2 Å². The van der Waals surface area contributed by atoms with E-state index in [4.69, 9.17) is 16.3 Å². The lowest BCUT2D eigenvalue weighted by molar-refractivity contribution is -0.384. The molecule has 0 aliphatic carbocycles. The van der Waals surface area contributed by atoms with Gasteiger partial charge in [0.15, 0.2) is 0 Å². The van der Waals surface area contributed by atoms with Gasteiger partial charge in [-0.3, -0.25) is 10.1 Å². The van der Waals surface area contributed by atoms with Gasteiger partial charge in [-0.1, -0.05) is 24.9 Å². The third-order valence-electron chi connectivity index (χ3n) is 4.70. The number of ether oxygens (including phenoxy) is 1. The molecule has 3 rings (SSSR count). The predicted molar refractivity (Wildman–Crippen MR) is 110 cm³/mol. The van der Waals surface area contributed by atoms with Gasteiger partial charge >= 0.3 is 0 Å². The van der Waals surface area contributed by atoms with Crippen molar-refractivity contribution >= 4 is 34.7 Å². The highest BCUT2D eigenvalue weighted by Crippen LogP contribution is 2.30. The summed E-state index contributed by atoms with van der Waals surface area (Å²) >= 11 is 5.90. The van der Waals surface area contributed by atoms with Gasteiger partial charge in [0.1, 0.15) is 10.8 Å². The first-order chi connectivity index (χ1) is 13.5. The maximum atomic E-state index is 11.1. The topological polar surface area (TPSA) is 93.4 Å². The van der Waals surface area contributed by atoms with E-state index in [-0.39, 0.29) is 10.7 Å². The molecule has 0 spiro atoms. The van der Waals surface area contributed by atoms with Crippen LogP contribution < -0.4 is 10.2 Å². The summed E-state index contributed by atoms with van der Waals surface area (Å²) in [5.74, 6) is 1.27. The van der Waals surface area contributed by atoms with Gasteiger partial charge in [-0.25, -0.2) is 4.98 Å². The Bertz CT molecular complexity index is 848. The Morgan fingerprint density at radius 1 is 1.39 bits per heavy atom. The molecule has 1 N–H and O–H groups in total. The number of aromatic nitrogens is 2. The summed E-state index contributed by atoms with van der Waals surface area (Å²) < 4.78 is 5.35. The number of hydrogen-bond donors (Lipinski definition) is 1. The minimum atomic E-state index is -0.507. The Hall–Kier alpha value is -2.45. The summed E-state index contributed by atoms with van der Waals surface area (Å²) in [6.07, 6.45) is 3.94. The molecule has 0 bridgehead atoms. The van der Waals surface area contributed by atoms with Crippen LogP contribution in [-0.4, -0.2) is 41.2 Å². The average molecular weight is 406 g/mol. The molecule has 2 aromatic rings. The number of benzene rings is 1. The second kappa shape index (κ2) is 9.16. The van der Waals surface area contributed by atoms with Crippen LogP contribution in [0.4, 0.5) is 23.1 Å². The summed E-state index contributed by atoms with van der Waals surface area (Å²) in [4.78, 5) is 22.1. The number of hydrogen-bond acceptors (Lipinski definition) is 7. The van der Waals surface area contributed by atoms with Crippen LogP contribution in [-0.2, 0) is 11.2 Å². The van der Waals surface area contributed by atoms with Crippen molar-refractivity contribution in [1.82, 2.24) is 9.97 Å². The molecule has 1 atom stereocenters. The fraction of sp³-hybridized carbons (Fsp3) is 0.474. The van der Waals surface area contributed by atoms with E-state index in [2.05, 4.69) is 27.1 Å². The number of halogens is 1. The quantitative estimate of drug-likeness (QED) is 0.515. The predicted octanol–water partition coefficient (Wildman–Crippen LogP) is 4.35. The van der Waals surface area contributed by atoms with Crippen molar-refractivity contribution in [2.75, 3.05) is 30.5 Å². The van der Waals surface area contributed by atoms with Crippen LogP contribution in [0, 0.1) is 10.1 Å². The molecule has 9 heteroatoms. The summed E-state index contributed by atoms with van der Waals surface area (Å²) in [6, 6.07) is 6.87. The highest BCUT2D eigenvalue weighted by molar-refractivity contribution is 6.32. The highest BCUT2D eigenvalue weighted by Gasteiger charge is 2.26. The average Bonchev–Trinajstić information content (AvgIpc) is 3.12. The van der Waals surface area contributed by atoms with Crippen LogP contribution in [0.2, 0.25) is 5.02 Å². The number of aryl methyl sites for hydroxylation is 1. The molecule has 2 heterocycles. The van der Waals surface area contributed by atoms with E-state index in [1.807, 2.05) is 6.07 Å². The number of nitro benzene ring substituents is 1. The van der Waals surface area contributed by atoms with Crippen LogP contribution in [0.5, 0.6) is 0 Å². The molecule has 0 saturated carbocycles. The molecule has 1 fully saturated rings. The molecule has 0 amide bonds. The minimum Gasteiger partial charge on any atom is -0.383 e. The summed E-state index contributed by atoms with van der Waals surface area (Å²) in [5.41, 5.74) is 1.29. The maximum Gasteiger partial charge on any atom is 0.289 e. The zero-order valence-corrected chi connectivity index (χ0v) is 16.8. The van der Waals surface area contributed by atoms with Crippen molar-refractivity contribution in [1.29, 1.82) is 0 Å². The van der Waals surface area contributed by atoms with Crippen molar-refractivity contribution in [3.05, 3.63) is 45.1 Å². The SMILES string of the molecule is CCCc1cc(N2CCC[C@H]2COC)nc(Nc2ccc(Cl)c([N+](=O)[O-])c2)n1. The first-order valence-corrected chi connectivity index (χ1v) is 9.74. The van der Waals surface area contributed by atoms with E-state index in [0.717, 1.165) is 43.7 Å². The summed E-state index contributed by atoms with van der Waals surface area (Å²) in [5, 5.41) is 14.3. The number of rotatable bonds is 8. The largest absolute Gasteiger partial charge is 0.383 e. The molecule has 8 nitrogen and oxygen atoms in total. The van der Waals surface area contributed by atoms with Gasteiger partial charge in [0.25, 0.3) is 5.69 Å². The van der Waals surface area contributed by atoms with Crippen LogP contribution in [0.3, 0.4) is 0 Å². The molecule has 1 aliphatic rings. The zero-order valence-electron chi connectivity index (χ0n) is 16.0. The monoisotopic (exact) mass is 405 g/mol. The van der Waals surface area contributed by atoms with Crippen molar-refractivity contribution in [3.63, 3.8) is 0 Å². The van der Waals surface area contributed by atoms with Crippen LogP contribution >= 0.6 is 11.6 Å². The van der Waals surface area contributed by atoms with Gasteiger partial charge in [-0.2, -0.15) is 4.98 Å². The second-order valence-electron chi connectivity index (χ2n) is 6.78. The van der Waals surface area contributed by atoms with Crippen LogP contribution in [0.15, 0.2) is 24.3 Å². The summed E-state index contributed by atoms with van der Waals surface area (Å²) in [7, 11) is 1.71. The Kier molecular flexibility index (Phi) is 6.64. The number of anilines is 3. The first kappa shape index (κ1) is 20.3. The van der Waals surface area contributed by atoms with E-state index < -0.39 is 4.92 Å². The molecule has 1 aliphatic heterocycles. The lowest BCUT2D eigenvalue weighted by Gasteiger charge is -2.26. The third kappa shape index (κ3) is 4.69. The molecule has 1 saturated heterocycles. The molecule has 1 aromatic heterocycles. The lowest BCUT2D eigenvalue weighted by atomic mass is 10.2. The molecule has 1 aromatic carbocycles. The molecule has 0 radical (unpaired) electrons. The number of nitro groups is 1. The van der Waals surface area contributed by atoms with Gasteiger partial charge in [0.2, 0.25) is 5.95 Å². The van der Waals surface area contributed by atoms with E-state index in [1.54, 1.807) is 13.2 Å². The second-order valence-corrected chi connectivity index (χ2v) is 7.19. The number of nitrogens with zero attached hydrogens (tertiary/aromatic N) is 4. The summed E-state index contributed by atoms with van der Waals surface area (Å²) in [6.45, 7) is 3.67. The van der Waals surface area contributed by atoms with E-state index in [0.29, 0.717) is 24.3 Å². The number of methoxy groups -OCH3 is 1. The van der Waals surface area contributed by atoms with Gasteiger partial charge in [0.05, 0.1) is 17.6 Å². The van der Waals surface area contributed by atoms with Crippen molar-refractivity contribution in [3.8, 4) is 0 Å². The lowest BCUT2D eigenvalue weighted by Crippen LogP contribution is -2.33. The smallest absolute Gasteiger partial charge is 0.289 e. The fourth-order valence-corrected chi connectivity index (χ4v) is 3.62. The molecular weight excluding hydrogens is 382 g/mol. The third-order valence-corrected chi connectivity index (χ3v) is 5.02. The first-order valence-electron chi connectivity index (χ1n) is 9.36.